The third-order valence-electron chi connectivity index (χ3n) is 4.64. The quantitative estimate of drug-likeness (QED) is 0.694. The molecule has 3 aliphatic heterocycles. The van der Waals surface area contributed by atoms with Gasteiger partial charge in [0.15, 0.2) is 0 Å². The van der Waals surface area contributed by atoms with E-state index in [9.17, 15) is 5.11 Å². The lowest BCUT2D eigenvalue weighted by Gasteiger charge is -2.38. The summed E-state index contributed by atoms with van der Waals surface area (Å²) in [6, 6.07) is 0.735. The number of ether oxygens (including phenoxy) is 1. The third kappa shape index (κ3) is 2.50. The zero-order chi connectivity index (χ0) is 11.7. The van der Waals surface area contributed by atoms with Crippen LogP contribution in [0.1, 0.15) is 32.1 Å². The first kappa shape index (κ1) is 11.9. The van der Waals surface area contributed by atoms with Crippen LogP contribution in [0, 0.1) is 0 Å². The summed E-state index contributed by atoms with van der Waals surface area (Å²) >= 11 is 0. The van der Waals surface area contributed by atoms with E-state index in [1.165, 1.54) is 12.8 Å². The molecule has 98 valence electrons. The molecule has 0 bridgehead atoms. The standard InChI is InChI=1S/C13H24N2O2/c16-12-3-8-17-13(9-12)4-7-15(10-13)11-1-5-14-6-2-11/h11-12,14,16H,1-10H2/t12-,13+/m1/s1. The Bertz CT molecular complexity index is 268. The van der Waals surface area contributed by atoms with Crippen LogP contribution in [0.2, 0.25) is 0 Å². The van der Waals surface area contributed by atoms with Gasteiger partial charge in [0.2, 0.25) is 0 Å². The van der Waals surface area contributed by atoms with E-state index < -0.39 is 0 Å². The van der Waals surface area contributed by atoms with Crippen molar-refractivity contribution in [3.63, 3.8) is 0 Å². The lowest BCUT2D eigenvalue weighted by Crippen LogP contribution is -2.47. The molecule has 0 aromatic heterocycles. The molecule has 0 aromatic rings. The lowest BCUT2D eigenvalue weighted by atomic mass is 9.91. The molecule has 0 radical (unpaired) electrons. The van der Waals surface area contributed by atoms with Crippen LogP contribution in [0.3, 0.4) is 0 Å². The van der Waals surface area contributed by atoms with E-state index in [4.69, 9.17) is 4.74 Å². The highest BCUT2D eigenvalue weighted by molar-refractivity contribution is 4.98. The van der Waals surface area contributed by atoms with Crippen LogP contribution in [-0.2, 0) is 4.74 Å². The molecule has 0 aromatic carbocycles. The predicted octanol–water partition coefficient (Wildman–Crippen LogP) is 0.354. The fraction of sp³-hybridized carbons (Fsp3) is 1.00. The molecular formula is C13H24N2O2. The van der Waals surface area contributed by atoms with Crippen molar-refractivity contribution in [1.29, 1.82) is 0 Å². The molecule has 0 aliphatic carbocycles. The molecule has 3 saturated heterocycles. The van der Waals surface area contributed by atoms with Gasteiger partial charge in [-0.15, -0.1) is 0 Å². The molecule has 2 N–H and O–H groups in total. The van der Waals surface area contributed by atoms with Crippen molar-refractivity contribution >= 4 is 0 Å². The minimum absolute atomic E-state index is 0.0253. The minimum atomic E-state index is -0.142. The highest BCUT2D eigenvalue weighted by Gasteiger charge is 2.44. The third-order valence-corrected chi connectivity index (χ3v) is 4.64. The van der Waals surface area contributed by atoms with Gasteiger partial charge in [0, 0.05) is 32.2 Å². The largest absolute Gasteiger partial charge is 0.393 e. The van der Waals surface area contributed by atoms with Crippen LogP contribution < -0.4 is 5.32 Å². The lowest BCUT2D eigenvalue weighted by molar-refractivity contribution is -0.112. The van der Waals surface area contributed by atoms with E-state index >= 15 is 0 Å². The van der Waals surface area contributed by atoms with Gasteiger partial charge in [0.1, 0.15) is 0 Å². The second kappa shape index (κ2) is 4.84. The Morgan fingerprint density at radius 3 is 2.82 bits per heavy atom. The number of nitrogens with one attached hydrogen (secondary N) is 1. The van der Waals surface area contributed by atoms with Gasteiger partial charge >= 0.3 is 0 Å². The molecule has 3 heterocycles. The van der Waals surface area contributed by atoms with Gasteiger partial charge in [-0.05, 0) is 38.8 Å². The maximum Gasteiger partial charge on any atom is 0.0845 e. The van der Waals surface area contributed by atoms with Crippen molar-refractivity contribution in [2.75, 3.05) is 32.8 Å². The van der Waals surface area contributed by atoms with Crippen LogP contribution >= 0.6 is 0 Å². The normalized spacial score (nSPS) is 41.1. The summed E-state index contributed by atoms with van der Waals surface area (Å²) in [7, 11) is 0. The molecular weight excluding hydrogens is 216 g/mol. The van der Waals surface area contributed by atoms with Crippen molar-refractivity contribution < 1.29 is 9.84 Å². The average Bonchev–Trinajstić information content (AvgIpc) is 2.74. The number of likely N-dealkylation sites (tertiary alicyclic amines) is 1. The Kier molecular flexibility index (Phi) is 3.39. The van der Waals surface area contributed by atoms with Crippen molar-refractivity contribution in [2.24, 2.45) is 0 Å². The van der Waals surface area contributed by atoms with Crippen molar-refractivity contribution in [1.82, 2.24) is 10.2 Å². The van der Waals surface area contributed by atoms with Crippen LogP contribution in [0.25, 0.3) is 0 Å². The number of hydrogen-bond donors (Lipinski definition) is 2. The van der Waals surface area contributed by atoms with E-state index in [-0.39, 0.29) is 11.7 Å². The summed E-state index contributed by atoms with van der Waals surface area (Å²) in [6.07, 6.45) is 5.14. The van der Waals surface area contributed by atoms with Gasteiger partial charge in [-0.1, -0.05) is 0 Å². The smallest absolute Gasteiger partial charge is 0.0845 e. The molecule has 0 saturated carbocycles. The highest BCUT2D eigenvalue weighted by atomic mass is 16.5. The molecule has 2 atom stereocenters. The number of hydrogen-bond acceptors (Lipinski definition) is 4. The molecule has 3 rings (SSSR count). The minimum Gasteiger partial charge on any atom is -0.393 e. The summed E-state index contributed by atoms with van der Waals surface area (Å²) in [5.41, 5.74) is -0.0253. The molecule has 1 spiro atoms. The first-order valence-electron chi connectivity index (χ1n) is 7.04. The maximum atomic E-state index is 9.82. The van der Waals surface area contributed by atoms with E-state index in [1.54, 1.807) is 0 Å². The van der Waals surface area contributed by atoms with Crippen molar-refractivity contribution in [2.45, 2.75) is 49.9 Å². The number of aliphatic hydroxyl groups is 1. The molecule has 17 heavy (non-hydrogen) atoms. The highest BCUT2D eigenvalue weighted by Crippen LogP contribution is 2.35. The average molecular weight is 240 g/mol. The Morgan fingerprint density at radius 2 is 2.06 bits per heavy atom. The number of aliphatic hydroxyl groups excluding tert-OH is 1. The fourth-order valence-corrected chi connectivity index (χ4v) is 3.65. The zero-order valence-corrected chi connectivity index (χ0v) is 10.5. The maximum absolute atomic E-state index is 9.82. The summed E-state index contributed by atoms with van der Waals surface area (Å²) in [5, 5.41) is 13.2. The fourth-order valence-electron chi connectivity index (χ4n) is 3.65. The SMILES string of the molecule is O[C@@H]1CCO[C@@]2(CCN(C3CCNCC3)C2)C1. The van der Waals surface area contributed by atoms with Gasteiger partial charge in [-0.25, -0.2) is 0 Å². The van der Waals surface area contributed by atoms with Gasteiger partial charge in [0.25, 0.3) is 0 Å². The topological polar surface area (TPSA) is 44.7 Å². The van der Waals surface area contributed by atoms with E-state index in [1.807, 2.05) is 0 Å². The monoisotopic (exact) mass is 240 g/mol. The summed E-state index contributed by atoms with van der Waals surface area (Å²) in [5.74, 6) is 0. The Labute approximate surface area is 103 Å². The van der Waals surface area contributed by atoms with Crippen LogP contribution in [0.5, 0.6) is 0 Å². The summed E-state index contributed by atoms with van der Waals surface area (Å²) < 4.78 is 6.00. The van der Waals surface area contributed by atoms with Crippen molar-refractivity contribution in [3.05, 3.63) is 0 Å². The second-order valence-corrected chi connectivity index (χ2v) is 5.88. The van der Waals surface area contributed by atoms with Gasteiger partial charge < -0.3 is 15.2 Å². The first-order chi connectivity index (χ1) is 8.27. The molecule has 4 nitrogen and oxygen atoms in total. The number of rotatable bonds is 1. The van der Waals surface area contributed by atoms with Crippen molar-refractivity contribution in [3.8, 4) is 0 Å². The second-order valence-electron chi connectivity index (χ2n) is 5.88. The molecule has 0 unspecified atom stereocenters. The Morgan fingerprint density at radius 1 is 1.24 bits per heavy atom. The summed E-state index contributed by atoms with van der Waals surface area (Å²) in [6.45, 7) is 5.22. The van der Waals surface area contributed by atoms with Crippen LogP contribution in [0.4, 0.5) is 0 Å². The van der Waals surface area contributed by atoms with E-state index in [2.05, 4.69) is 10.2 Å². The van der Waals surface area contributed by atoms with Gasteiger partial charge in [-0.3, -0.25) is 4.90 Å². The predicted molar refractivity (Wildman–Crippen MR) is 66.0 cm³/mol. The number of piperidine rings is 1. The summed E-state index contributed by atoms with van der Waals surface area (Å²) in [4.78, 5) is 2.60. The first-order valence-corrected chi connectivity index (χ1v) is 7.04. The zero-order valence-electron chi connectivity index (χ0n) is 10.5. The van der Waals surface area contributed by atoms with E-state index in [0.717, 1.165) is 58.1 Å². The Balaban J connectivity index is 1.60. The van der Waals surface area contributed by atoms with Crippen LogP contribution in [0.15, 0.2) is 0 Å². The van der Waals surface area contributed by atoms with Crippen LogP contribution in [-0.4, -0.2) is 60.5 Å². The molecule has 0 amide bonds. The van der Waals surface area contributed by atoms with E-state index in [0.29, 0.717) is 0 Å². The molecule has 3 aliphatic rings. The number of nitrogens with zero attached hydrogens (tertiary/aromatic N) is 1. The van der Waals surface area contributed by atoms with Gasteiger partial charge in [0.05, 0.1) is 11.7 Å². The van der Waals surface area contributed by atoms with Gasteiger partial charge in [-0.2, -0.15) is 0 Å². The Hall–Kier alpha value is -0.160. The molecule has 3 fully saturated rings. The molecule has 4 heteroatoms.